The zero-order chi connectivity index (χ0) is 15.4. The topological polar surface area (TPSA) is 61.8 Å². The molecular weight excluding hydrogens is 298 g/mol. The van der Waals surface area contributed by atoms with E-state index < -0.39 is 0 Å². The van der Waals surface area contributed by atoms with E-state index in [2.05, 4.69) is 15.2 Å². The first-order valence-electron chi connectivity index (χ1n) is 7.61. The predicted molar refractivity (Wildman–Crippen MR) is 88.9 cm³/mol. The zero-order valence-electron chi connectivity index (χ0n) is 12.3. The van der Waals surface area contributed by atoms with Gasteiger partial charge in [0, 0.05) is 25.2 Å². The third kappa shape index (κ3) is 3.68. The highest BCUT2D eigenvalue weighted by Crippen LogP contribution is 2.29. The van der Waals surface area contributed by atoms with Gasteiger partial charge in [0.1, 0.15) is 5.25 Å². The number of likely N-dealkylation sites (tertiary alicyclic amines) is 1. The number of hydrogen-bond donors (Lipinski definition) is 1. The number of benzene rings is 1. The van der Waals surface area contributed by atoms with Crippen LogP contribution in [0.25, 0.3) is 0 Å². The smallest absolute Gasteiger partial charge is 0.262 e. The first-order valence-corrected chi connectivity index (χ1v) is 8.49. The van der Waals surface area contributed by atoms with Crippen LogP contribution in [0.15, 0.2) is 35.3 Å². The summed E-state index contributed by atoms with van der Waals surface area (Å²) < 4.78 is 0. The number of hydrogen-bond acceptors (Lipinski definition) is 4. The van der Waals surface area contributed by atoms with E-state index in [1.165, 1.54) is 18.2 Å². The summed E-state index contributed by atoms with van der Waals surface area (Å²) in [6, 6.07) is 9.28. The molecule has 2 aliphatic rings. The van der Waals surface area contributed by atoms with E-state index in [1.54, 1.807) is 0 Å². The molecule has 1 saturated heterocycles. The monoisotopic (exact) mass is 317 g/mol. The maximum Gasteiger partial charge on any atom is 0.262 e. The van der Waals surface area contributed by atoms with Crippen LogP contribution in [0.1, 0.15) is 25.7 Å². The Morgan fingerprint density at radius 3 is 2.68 bits per heavy atom. The number of carbonyl (C=O) groups excluding carboxylic acids is 2. The molecular formula is C16H19N3O2S. The van der Waals surface area contributed by atoms with Crippen LogP contribution in [0.5, 0.6) is 0 Å². The Hall–Kier alpha value is -1.82. The molecule has 0 aromatic heterocycles. The number of amidine groups is 1. The maximum atomic E-state index is 12.1. The first-order chi connectivity index (χ1) is 10.7. The Bertz CT molecular complexity index is 582. The number of nitrogens with zero attached hydrogens (tertiary/aromatic N) is 2. The van der Waals surface area contributed by atoms with Crippen molar-refractivity contribution in [3.63, 3.8) is 0 Å². The number of carbonyl (C=O) groups is 2. The number of aliphatic imine (C=N–C) groups is 1. The molecule has 1 unspecified atom stereocenters. The minimum absolute atomic E-state index is 0.146. The lowest BCUT2D eigenvalue weighted by molar-refractivity contribution is -0.121. The van der Waals surface area contributed by atoms with Gasteiger partial charge in [0.25, 0.3) is 5.91 Å². The van der Waals surface area contributed by atoms with Gasteiger partial charge in [0.2, 0.25) is 5.91 Å². The Kier molecular flexibility index (Phi) is 4.77. The van der Waals surface area contributed by atoms with Gasteiger partial charge in [-0.15, -0.1) is 0 Å². The minimum Gasteiger partial charge on any atom is -0.351 e. The summed E-state index contributed by atoms with van der Waals surface area (Å²) in [5, 5.41) is 3.22. The average molecular weight is 317 g/mol. The van der Waals surface area contributed by atoms with Crippen molar-refractivity contribution >= 4 is 34.4 Å². The molecule has 116 valence electrons. The first kappa shape index (κ1) is 15.1. The molecule has 5 nitrogen and oxygen atoms in total. The molecule has 2 amide bonds. The Morgan fingerprint density at radius 1 is 1.23 bits per heavy atom. The van der Waals surface area contributed by atoms with Gasteiger partial charge in [-0.25, -0.2) is 0 Å². The molecule has 22 heavy (non-hydrogen) atoms. The molecule has 1 atom stereocenters. The van der Waals surface area contributed by atoms with Crippen LogP contribution in [-0.4, -0.2) is 40.2 Å². The Balaban J connectivity index is 1.53. The average Bonchev–Trinajstić information content (AvgIpc) is 2.90. The van der Waals surface area contributed by atoms with E-state index in [4.69, 9.17) is 0 Å². The Morgan fingerprint density at radius 2 is 1.95 bits per heavy atom. The van der Waals surface area contributed by atoms with Crippen LogP contribution in [0.3, 0.4) is 0 Å². The van der Waals surface area contributed by atoms with Crippen molar-refractivity contribution in [1.82, 2.24) is 4.90 Å². The van der Waals surface area contributed by atoms with Gasteiger partial charge in [0.15, 0.2) is 5.17 Å². The summed E-state index contributed by atoms with van der Waals surface area (Å²) >= 11 is 1.43. The lowest BCUT2D eigenvalue weighted by atomic mass is 10.1. The van der Waals surface area contributed by atoms with Crippen molar-refractivity contribution in [2.45, 2.75) is 30.9 Å². The van der Waals surface area contributed by atoms with Crippen molar-refractivity contribution in [3.8, 4) is 0 Å². The molecule has 0 spiro atoms. The normalized spacial score (nSPS) is 21.6. The van der Waals surface area contributed by atoms with Crippen LogP contribution < -0.4 is 5.32 Å². The highest BCUT2D eigenvalue weighted by molar-refractivity contribution is 8.15. The van der Waals surface area contributed by atoms with Crippen LogP contribution in [-0.2, 0) is 9.59 Å². The number of amides is 2. The molecule has 6 heteroatoms. The van der Waals surface area contributed by atoms with Gasteiger partial charge >= 0.3 is 0 Å². The molecule has 2 heterocycles. The van der Waals surface area contributed by atoms with Gasteiger partial charge in [-0.1, -0.05) is 30.0 Å². The second-order valence-electron chi connectivity index (χ2n) is 5.51. The maximum absolute atomic E-state index is 12.1. The summed E-state index contributed by atoms with van der Waals surface area (Å²) in [6.45, 7) is 1.92. The van der Waals surface area contributed by atoms with Gasteiger partial charge < -0.3 is 10.2 Å². The van der Waals surface area contributed by atoms with E-state index in [0.29, 0.717) is 0 Å². The van der Waals surface area contributed by atoms with Gasteiger partial charge in [-0.2, -0.15) is 4.99 Å². The van der Waals surface area contributed by atoms with Crippen LogP contribution in [0.2, 0.25) is 0 Å². The third-order valence-electron chi connectivity index (χ3n) is 3.78. The largest absolute Gasteiger partial charge is 0.351 e. The number of para-hydroxylation sites is 1. The van der Waals surface area contributed by atoms with Crippen LogP contribution in [0.4, 0.5) is 5.69 Å². The predicted octanol–water partition coefficient (Wildman–Crippen LogP) is 2.50. The summed E-state index contributed by atoms with van der Waals surface area (Å²) in [5.41, 5.74) is 0.750. The number of anilines is 1. The van der Waals surface area contributed by atoms with E-state index in [1.807, 2.05) is 30.3 Å². The molecule has 1 aromatic carbocycles. The number of thioether (sulfide) groups is 1. The van der Waals surface area contributed by atoms with Crippen molar-refractivity contribution in [2.75, 3.05) is 18.4 Å². The highest BCUT2D eigenvalue weighted by atomic mass is 32.2. The fourth-order valence-corrected chi connectivity index (χ4v) is 3.75. The second kappa shape index (κ2) is 6.96. The molecule has 0 saturated carbocycles. The number of rotatable bonds is 3. The van der Waals surface area contributed by atoms with E-state index in [0.717, 1.165) is 36.8 Å². The summed E-state index contributed by atoms with van der Waals surface area (Å²) in [7, 11) is 0. The molecule has 0 aliphatic carbocycles. The lowest BCUT2D eigenvalue weighted by Gasteiger charge is -2.27. The molecule has 0 bridgehead atoms. The van der Waals surface area contributed by atoms with E-state index in [9.17, 15) is 9.59 Å². The summed E-state index contributed by atoms with van der Waals surface area (Å²) in [4.78, 5) is 30.4. The zero-order valence-corrected chi connectivity index (χ0v) is 13.1. The Labute approximate surface area is 134 Å². The van der Waals surface area contributed by atoms with Crippen molar-refractivity contribution in [1.29, 1.82) is 0 Å². The number of piperidine rings is 1. The minimum atomic E-state index is -0.388. The van der Waals surface area contributed by atoms with E-state index >= 15 is 0 Å². The highest BCUT2D eigenvalue weighted by Gasteiger charge is 2.33. The lowest BCUT2D eigenvalue weighted by Crippen LogP contribution is -2.33. The molecule has 0 radical (unpaired) electrons. The SMILES string of the molecule is O=C(CC1SC(N2CCCCC2)=NC1=O)Nc1ccccc1. The number of nitrogens with one attached hydrogen (secondary N) is 1. The van der Waals surface area contributed by atoms with Crippen LogP contribution in [0, 0.1) is 0 Å². The quantitative estimate of drug-likeness (QED) is 0.930. The van der Waals surface area contributed by atoms with Crippen molar-refractivity contribution in [2.24, 2.45) is 4.99 Å². The summed E-state index contributed by atoms with van der Waals surface area (Å²) in [5.74, 6) is -0.332. The molecule has 1 aromatic rings. The van der Waals surface area contributed by atoms with Gasteiger partial charge in [-0.3, -0.25) is 9.59 Å². The second-order valence-corrected chi connectivity index (χ2v) is 6.68. The van der Waals surface area contributed by atoms with E-state index in [-0.39, 0.29) is 23.5 Å². The third-order valence-corrected chi connectivity index (χ3v) is 5.00. The summed E-state index contributed by atoms with van der Waals surface area (Å²) in [6.07, 6.45) is 3.70. The van der Waals surface area contributed by atoms with Crippen LogP contribution >= 0.6 is 11.8 Å². The van der Waals surface area contributed by atoms with Crippen molar-refractivity contribution < 1.29 is 9.59 Å². The fourth-order valence-electron chi connectivity index (χ4n) is 2.63. The molecule has 2 aliphatic heterocycles. The van der Waals surface area contributed by atoms with Gasteiger partial charge in [0.05, 0.1) is 0 Å². The standard InChI is InChI=1S/C16H19N3O2S/c20-14(17-12-7-3-1-4-8-12)11-13-15(21)18-16(22-13)19-9-5-2-6-10-19/h1,3-4,7-8,13H,2,5-6,9-11H2,(H,17,20). The molecule has 3 rings (SSSR count). The molecule has 1 N–H and O–H groups in total. The van der Waals surface area contributed by atoms with Crippen molar-refractivity contribution in [3.05, 3.63) is 30.3 Å². The fraction of sp³-hybridized carbons (Fsp3) is 0.438. The van der Waals surface area contributed by atoms with Gasteiger partial charge in [-0.05, 0) is 31.4 Å². The molecule has 1 fully saturated rings.